The molecule has 0 radical (unpaired) electrons. The van der Waals surface area contributed by atoms with Gasteiger partial charge < -0.3 is 10.6 Å². The van der Waals surface area contributed by atoms with Gasteiger partial charge in [0, 0.05) is 24.3 Å². The molecule has 1 aliphatic rings. The molecule has 0 unspecified atom stereocenters. The Hall–Kier alpha value is -1.51. The normalized spacial score (nSPS) is 17.1. The second-order valence-electron chi connectivity index (χ2n) is 3.66. The second-order valence-corrected chi connectivity index (χ2v) is 3.66. The van der Waals surface area contributed by atoms with Gasteiger partial charge in [0.15, 0.2) is 5.78 Å². The topological polar surface area (TPSA) is 46.3 Å². The van der Waals surface area contributed by atoms with Crippen molar-refractivity contribution >= 4 is 17.2 Å². The van der Waals surface area contributed by atoms with E-state index >= 15 is 0 Å². The van der Waals surface area contributed by atoms with Crippen LogP contribution in [0.4, 0.5) is 11.4 Å². The van der Waals surface area contributed by atoms with Gasteiger partial charge in [-0.05, 0) is 30.7 Å². The summed E-state index contributed by atoms with van der Waals surface area (Å²) in [5, 5.41) is 0. The average Bonchev–Trinajstić information content (AvgIpc) is 2.19. The van der Waals surface area contributed by atoms with Crippen molar-refractivity contribution in [3.05, 3.63) is 24.3 Å². The highest BCUT2D eigenvalue weighted by Crippen LogP contribution is 2.19. The number of hydrogen-bond acceptors (Lipinski definition) is 3. The van der Waals surface area contributed by atoms with Crippen LogP contribution in [0, 0.1) is 0 Å². The quantitative estimate of drug-likeness (QED) is 0.681. The van der Waals surface area contributed by atoms with Gasteiger partial charge in [-0.3, -0.25) is 4.79 Å². The fourth-order valence-corrected chi connectivity index (χ4v) is 1.74. The van der Waals surface area contributed by atoms with E-state index in [2.05, 4.69) is 4.90 Å². The van der Waals surface area contributed by atoms with Crippen LogP contribution in [0.15, 0.2) is 24.3 Å². The molecule has 1 saturated heterocycles. The maximum Gasteiger partial charge on any atom is 0.152 e. The van der Waals surface area contributed by atoms with Gasteiger partial charge in [-0.15, -0.1) is 0 Å². The number of hydrogen-bond donors (Lipinski definition) is 1. The fraction of sp³-hybridized carbons (Fsp3) is 0.364. The van der Waals surface area contributed by atoms with E-state index in [0.29, 0.717) is 12.3 Å². The second kappa shape index (κ2) is 3.70. The molecule has 74 valence electrons. The molecule has 2 rings (SSSR count). The third-order valence-corrected chi connectivity index (χ3v) is 2.51. The first-order valence-electron chi connectivity index (χ1n) is 4.88. The highest BCUT2D eigenvalue weighted by molar-refractivity contribution is 5.84. The summed E-state index contributed by atoms with van der Waals surface area (Å²) >= 11 is 0. The van der Waals surface area contributed by atoms with E-state index < -0.39 is 0 Å². The highest BCUT2D eigenvalue weighted by atomic mass is 16.1. The van der Waals surface area contributed by atoms with Crippen molar-refractivity contribution in [2.45, 2.75) is 12.8 Å². The predicted octanol–water partition coefficient (Wildman–Crippen LogP) is 1.44. The Morgan fingerprint density at radius 1 is 1.21 bits per heavy atom. The number of carbonyl (C=O) groups is 1. The lowest BCUT2D eigenvalue weighted by Crippen LogP contribution is -2.35. The SMILES string of the molecule is Nc1ccc(N2CCCC(=O)C2)cc1. The number of rotatable bonds is 1. The minimum atomic E-state index is 0.327. The minimum Gasteiger partial charge on any atom is -0.399 e. The van der Waals surface area contributed by atoms with E-state index in [0.717, 1.165) is 30.8 Å². The molecular formula is C11H14N2O. The zero-order valence-corrected chi connectivity index (χ0v) is 8.07. The lowest BCUT2D eigenvalue weighted by molar-refractivity contribution is -0.118. The summed E-state index contributed by atoms with van der Waals surface area (Å²) < 4.78 is 0. The monoisotopic (exact) mass is 190 g/mol. The van der Waals surface area contributed by atoms with Crippen LogP contribution in [0.3, 0.4) is 0 Å². The molecule has 1 aliphatic heterocycles. The van der Waals surface area contributed by atoms with Crippen molar-refractivity contribution in [2.75, 3.05) is 23.7 Å². The van der Waals surface area contributed by atoms with E-state index in [1.54, 1.807) is 0 Å². The van der Waals surface area contributed by atoms with Crippen LogP contribution < -0.4 is 10.6 Å². The Kier molecular flexibility index (Phi) is 2.39. The first kappa shape index (κ1) is 9.06. The summed E-state index contributed by atoms with van der Waals surface area (Å²) in [5.41, 5.74) is 7.45. The molecule has 14 heavy (non-hydrogen) atoms. The van der Waals surface area contributed by atoms with Crippen LogP contribution >= 0.6 is 0 Å². The summed E-state index contributed by atoms with van der Waals surface area (Å²) in [6, 6.07) is 7.67. The third-order valence-electron chi connectivity index (χ3n) is 2.51. The fourth-order valence-electron chi connectivity index (χ4n) is 1.74. The van der Waals surface area contributed by atoms with Gasteiger partial charge in [-0.25, -0.2) is 0 Å². The summed E-state index contributed by atoms with van der Waals surface area (Å²) in [6.45, 7) is 1.51. The van der Waals surface area contributed by atoms with E-state index in [1.807, 2.05) is 24.3 Å². The maximum absolute atomic E-state index is 11.2. The molecule has 0 spiro atoms. The summed E-state index contributed by atoms with van der Waals surface area (Å²) in [7, 11) is 0. The van der Waals surface area contributed by atoms with Crippen LogP contribution in [0.5, 0.6) is 0 Å². The molecule has 3 nitrogen and oxygen atoms in total. The van der Waals surface area contributed by atoms with Gasteiger partial charge in [-0.1, -0.05) is 0 Å². The standard InChI is InChI=1S/C11H14N2O/c12-9-3-5-10(6-4-9)13-7-1-2-11(14)8-13/h3-6H,1-2,7-8,12H2. The van der Waals surface area contributed by atoms with E-state index in [9.17, 15) is 4.79 Å². The summed E-state index contributed by atoms with van der Waals surface area (Å²) in [6.07, 6.45) is 1.69. The number of nitrogen functional groups attached to an aromatic ring is 1. The molecule has 1 aromatic rings. The number of anilines is 2. The van der Waals surface area contributed by atoms with Crippen LogP contribution in [-0.4, -0.2) is 18.9 Å². The molecule has 0 atom stereocenters. The first-order valence-corrected chi connectivity index (χ1v) is 4.88. The molecular weight excluding hydrogens is 176 g/mol. The molecule has 0 saturated carbocycles. The molecule has 0 bridgehead atoms. The van der Waals surface area contributed by atoms with Gasteiger partial charge in [0.05, 0.1) is 6.54 Å². The first-order chi connectivity index (χ1) is 6.75. The Labute approximate surface area is 83.5 Å². The Bertz CT molecular complexity index is 332. The van der Waals surface area contributed by atoms with Crippen molar-refractivity contribution < 1.29 is 4.79 Å². The molecule has 1 heterocycles. The number of ketones is 1. The van der Waals surface area contributed by atoms with Gasteiger partial charge >= 0.3 is 0 Å². The van der Waals surface area contributed by atoms with E-state index in [4.69, 9.17) is 5.73 Å². The van der Waals surface area contributed by atoms with Gasteiger partial charge in [-0.2, -0.15) is 0 Å². The lowest BCUT2D eigenvalue weighted by atomic mass is 10.1. The van der Waals surface area contributed by atoms with Crippen molar-refractivity contribution in [1.29, 1.82) is 0 Å². The van der Waals surface area contributed by atoms with Crippen molar-refractivity contribution in [2.24, 2.45) is 0 Å². The van der Waals surface area contributed by atoms with Gasteiger partial charge in [0.1, 0.15) is 0 Å². The number of piperidine rings is 1. The van der Waals surface area contributed by atoms with E-state index in [1.165, 1.54) is 0 Å². The largest absolute Gasteiger partial charge is 0.399 e. The zero-order valence-electron chi connectivity index (χ0n) is 8.07. The smallest absolute Gasteiger partial charge is 0.152 e. The summed E-state index contributed by atoms with van der Waals surface area (Å²) in [4.78, 5) is 13.3. The predicted molar refractivity (Wildman–Crippen MR) is 57.3 cm³/mol. The lowest BCUT2D eigenvalue weighted by Gasteiger charge is -2.27. The molecule has 0 amide bonds. The zero-order chi connectivity index (χ0) is 9.97. The van der Waals surface area contributed by atoms with Crippen molar-refractivity contribution in [3.8, 4) is 0 Å². The van der Waals surface area contributed by atoms with Crippen LogP contribution in [0.2, 0.25) is 0 Å². The van der Waals surface area contributed by atoms with Crippen molar-refractivity contribution in [1.82, 2.24) is 0 Å². The average molecular weight is 190 g/mol. The van der Waals surface area contributed by atoms with Crippen LogP contribution in [0.1, 0.15) is 12.8 Å². The Morgan fingerprint density at radius 3 is 2.57 bits per heavy atom. The number of nitrogens with two attached hydrogens (primary N) is 1. The van der Waals surface area contributed by atoms with Crippen LogP contribution in [0.25, 0.3) is 0 Å². The number of Topliss-reactive ketones (excluding diaryl/α,β-unsaturated/α-hetero) is 1. The highest BCUT2D eigenvalue weighted by Gasteiger charge is 2.16. The van der Waals surface area contributed by atoms with Crippen LogP contribution in [-0.2, 0) is 4.79 Å². The maximum atomic E-state index is 11.2. The number of nitrogens with zero attached hydrogens (tertiary/aromatic N) is 1. The van der Waals surface area contributed by atoms with Crippen molar-refractivity contribution in [3.63, 3.8) is 0 Å². The Morgan fingerprint density at radius 2 is 1.93 bits per heavy atom. The molecule has 0 aliphatic carbocycles. The molecule has 2 N–H and O–H groups in total. The molecule has 1 fully saturated rings. The molecule has 3 heteroatoms. The molecule has 0 aromatic heterocycles. The number of benzene rings is 1. The number of carbonyl (C=O) groups excluding carboxylic acids is 1. The van der Waals surface area contributed by atoms with E-state index in [-0.39, 0.29) is 0 Å². The van der Waals surface area contributed by atoms with Gasteiger partial charge in [0.25, 0.3) is 0 Å². The Balaban J connectivity index is 2.14. The molecule has 1 aromatic carbocycles. The summed E-state index contributed by atoms with van der Waals surface area (Å²) in [5.74, 6) is 0.327. The minimum absolute atomic E-state index is 0.327. The van der Waals surface area contributed by atoms with Gasteiger partial charge in [0.2, 0.25) is 0 Å². The third kappa shape index (κ3) is 1.87.